The summed E-state index contributed by atoms with van der Waals surface area (Å²) in [4.78, 5) is 10.6. The van der Waals surface area contributed by atoms with Crippen molar-refractivity contribution >= 4 is 33.7 Å². The second kappa shape index (κ2) is 5.97. The maximum Gasteiger partial charge on any atom is 0.304 e. The maximum atomic E-state index is 10.6. The second-order valence-corrected chi connectivity index (χ2v) is 6.71. The van der Waals surface area contributed by atoms with Crippen molar-refractivity contribution < 1.29 is 14.6 Å². The zero-order valence-electron chi connectivity index (χ0n) is 10.1. The molecule has 0 amide bonds. The van der Waals surface area contributed by atoms with Crippen molar-refractivity contribution in [3.63, 3.8) is 0 Å². The van der Waals surface area contributed by atoms with E-state index in [4.69, 9.17) is 9.84 Å². The van der Waals surface area contributed by atoms with Crippen LogP contribution in [0.5, 0.6) is 5.75 Å². The minimum Gasteiger partial charge on any atom is -0.493 e. The van der Waals surface area contributed by atoms with E-state index in [2.05, 4.69) is 28.1 Å². The summed E-state index contributed by atoms with van der Waals surface area (Å²) in [6.45, 7) is 2.69. The third-order valence-corrected chi connectivity index (χ3v) is 4.48. The Kier molecular flexibility index (Phi) is 4.56. The molecule has 1 atom stereocenters. The molecule has 0 aliphatic carbocycles. The first-order valence-corrected chi connectivity index (χ1v) is 7.68. The summed E-state index contributed by atoms with van der Waals surface area (Å²) in [6, 6.07) is 4.15. The van der Waals surface area contributed by atoms with Gasteiger partial charge in [0.15, 0.2) is 0 Å². The van der Waals surface area contributed by atoms with Crippen molar-refractivity contribution in [3.8, 4) is 5.75 Å². The first-order valence-electron chi connectivity index (χ1n) is 5.83. The lowest BCUT2D eigenvalue weighted by molar-refractivity contribution is -0.136. The highest BCUT2D eigenvalue weighted by Gasteiger charge is 2.18. The molecule has 1 aliphatic heterocycles. The van der Waals surface area contributed by atoms with E-state index < -0.39 is 5.97 Å². The highest BCUT2D eigenvalue weighted by molar-refractivity contribution is 9.10. The van der Waals surface area contributed by atoms with Crippen molar-refractivity contribution in [1.82, 2.24) is 0 Å². The van der Waals surface area contributed by atoms with Gasteiger partial charge >= 0.3 is 5.97 Å². The average Bonchev–Trinajstić information content (AvgIpc) is 2.72. The maximum absolute atomic E-state index is 10.6. The number of ether oxygens (including phenoxy) is 1. The predicted octanol–water partition coefficient (Wildman–Crippen LogP) is 3.48. The van der Waals surface area contributed by atoms with Crippen LogP contribution in [0, 0.1) is 0 Å². The van der Waals surface area contributed by atoms with Crippen LogP contribution in [0.2, 0.25) is 0 Å². The molecule has 1 unspecified atom stereocenters. The molecule has 1 aromatic carbocycles. The molecule has 98 valence electrons. The zero-order valence-corrected chi connectivity index (χ0v) is 12.5. The molecule has 0 saturated carbocycles. The molecule has 3 nitrogen and oxygen atoms in total. The van der Waals surface area contributed by atoms with Gasteiger partial charge in [0.1, 0.15) is 5.75 Å². The number of aliphatic carboxylic acids is 1. The zero-order chi connectivity index (χ0) is 13.1. The standard InChI is InChI=1S/C13H15BrO3S/c1-8(4-12(15)16)18-7-10-6-11(14)5-9-2-3-17-13(9)10/h5-6,8H,2-4,7H2,1H3,(H,15,16). The number of hydrogen-bond donors (Lipinski definition) is 1. The molecule has 1 aromatic rings. The number of carboxylic acids is 1. The van der Waals surface area contributed by atoms with Crippen molar-refractivity contribution in [2.24, 2.45) is 0 Å². The predicted molar refractivity (Wildman–Crippen MR) is 76.4 cm³/mol. The van der Waals surface area contributed by atoms with Gasteiger partial charge in [0.25, 0.3) is 0 Å². The molecule has 0 fully saturated rings. The third kappa shape index (κ3) is 3.42. The highest BCUT2D eigenvalue weighted by atomic mass is 79.9. The number of halogens is 1. The van der Waals surface area contributed by atoms with Crippen molar-refractivity contribution in [2.75, 3.05) is 6.61 Å². The highest BCUT2D eigenvalue weighted by Crippen LogP contribution is 2.35. The minimum absolute atomic E-state index is 0.110. The lowest BCUT2D eigenvalue weighted by Crippen LogP contribution is -2.06. The lowest BCUT2D eigenvalue weighted by atomic mass is 10.1. The Balaban J connectivity index is 2.03. The molecule has 5 heteroatoms. The molecule has 0 saturated heterocycles. The van der Waals surface area contributed by atoms with Crippen molar-refractivity contribution in [3.05, 3.63) is 27.7 Å². The number of thioether (sulfide) groups is 1. The smallest absolute Gasteiger partial charge is 0.304 e. The van der Waals surface area contributed by atoms with Crippen LogP contribution in [0.1, 0.15) is 24.5 Å². The second-order valence-electron chi connectivity index (χ2n) is 4.37. The van der Waals surface area contributed by atoms with Crippen LogP contribution in [-0.2, 0) is 17.0 Å². The molecule has 1 heterocycles. The van der Waals surface area contributed by atoms with Gasteiger partial charge in [0.05, 0.1) is 13.0 Å². The fraction of sp³-hybridized carbons (Fsp3) is 0.462. The summed E-state index contributed by atoms with van der Waals surface area (Å²) in [5.74, 6) is 1.04. The van der Waals surface area contributed by atoms with Gasteiger partial charge in [0.2, 0.25) is 0 Å². The molecule has 0 aromatic heterocycles. The number of rotatable bonds is 5. The van der Waals surface area contributed by atoms with E-state index in [-0.39, 0.29) is 11.7 Å². The van der Waals surface area contributed by atoms with Crippen LogP contribution in [0.4, 0.5) is 0 Å². The number of hydrogen-bond acceptors (Lipinski definition) is 3. The quantitative estimate of drug-likeness (QED) is 0.897. The normalized spacial score (nSPS) is 15.0. The van der Waals surface area contributed by atoms with Crippen LogP contribution in [-0.4, -0.2) is 22.9 Å². The number of carboxylic acid groups (broad SMARTS) is 1. The SMILES string of the molecule is CC(CC(=O)O)SCc1cc(Br)cc2c1OCC2. The summed E-state index contributed by atoms with van der Waals surface area (Å²) in [5.41, 5.74) is 2.39. The minimum atomic E-state index is -0.745. The average molecular weight is 331 g/mol. The first kappa shape index (κ1) is 13.7. The van der Waals surface area contributed by atoms with E-state index in [1.54, 1.807) is 11.8 Å². The van der Waals surface area contributed by atoms with Gasteiger partial charge in [-0.3, -0.25) is 4.79 Å². The van der Waals surface area contributed by atoms with Crippen LogP contribution in [0.25, 0.3) is 0 Å². The molecule has 0 spiro atoms. The Morgan fingerprint density at radius 3 is 3.11 bits per heavy atom. The van der Waals surface area contributed by atoms with Crippen LogP contribution >= 0.6 is 27.7 Å². The Labute approximate surface area is 119 Å². The number of benzene rings is 1. The molecular formula is C13H15BrO3S. The van der Waals surface area contributed by atoms with Gasteiger partial charge in [-0.2, -0.15) is 11.8 Å². The van der Waals surface area contributed by atoms with E-state index in [9.17, 15) is 4.79 Å². The summed E-state index contributed by atoms with van der Waals surface area (Å²) in [6.07, 6.45) is 1.15. The molecular weight excluding hydrogens is 316 g/mol. The monoisotopic (exact) mass is 330 g/mol. The molecule has 18 heavy (non-hydrogen) atoms. The van der Waals surface area contributed by atoms with E-state index >= 15 is 0 Å². The van der Waals surface area contributed by atoms with Crippen LogP contribution < -0.4 is 4.74 Å². The summed E-state index contributed by atoms with van der Waals surface area (Å²) in [5, 5.41) is 8.84. The summed E-state index contributed by atoms with van der Waals surface area (Å²) < 4.78 is 6.71. The lowest BCUT2D eigenvalue weighted by Gasteiger charge is -2.12. The molecule has 1 N–H and O–H groups in total. The van der Waals surface area contributed by atoms with Gasteiger partial charge in [0, 0.05) is 27.5 Å². The van der Waals surface area contributed by atoms with Crippen molar-refractivity contribution in [2.45, 2.75) is 30.8 Å². The van der Waals surface area contributed by atoms with Gasteiger partial charge in [-0.05, 0) is 17.7 Å². The fourth-order valence-electron chi connectivity index (χ4n) is 1.99. The Bertz CT molecular complexity index is 462. The van der Waals surface area contributed by atoms with Gasteiger partial charge in [-0.15, -0.1) is 0 Å². The van der Waals surface area contributed by atoms with Gasteiger partial charge < -0.3 is 9.84 Å². The van der Waals surface area contributed by atoms with E-state index in [0.29, 0.717) is 0 Å². The van der Waals surface area contributed by atoms with E-state index in [0.717, 1.165) is 34.6 Å². The fourth-order valence-corrected chi connectivity index (χ4v) is 3.48. The van der Waals surface area contributed by atoms with Gasteiger partial charge in [-0.1, -0.05) is 22.9 Å². The topological polar surface area (TPSA) is 46.5 Å². The van der Waals surface area contributed by atoms with E-state index in [1.807, 2.05) is 6.92 Å². The van der Waals surface area contributed by atoms with Crippen molar-refractivity contribution in [1.29, 1.82) is 0 Å². The Morgan fingerprint density at radius 1 is 1.61 bits per heavy atom. The van der Waals surface area contributed by atoms with Gasteiger partial charge in [-0.25, -0.2) is 0 Å². The number of carbonyl (C=O) groups is 1. The molecule has 2 rings (SSSR count). The van der Waals surface area contributed by atoms with Crippen LogP contribution in [0.15, 0.2) is 16.6 Å². The Morgan fingerprint density at radius 2 is 2.39 bits per heavy atom. The molecule has 0 bridgehead atoms. The Hall–Kier alpha value is -0.680. The molecule has 1 aliphatic rings. The van der Waals surface area contributed by atoms with E-state index in [1.165, 1.54) is 5.56 Å². The summed E-state index contributed by atoms with van der Waals surface area (Å²) in [7, 11) is 0. The number of fused-ring (bicyclic) bond motifs is 1. The first-order chi connectivity index (χ1) is 8.56. The molecule has 0 radical (unpaired) electrons. The third-order valence-electron chi connectivity index (χ3n) is 2.81. The van der Waals surface area contributed by atoms with Crippen LogP contribution in [0.3, 0.4) is 0 Å². The largest absolute Gasteiger partial charge is 0.493 e. The summed E-state index contributed by atoms with van der Waals surface area (Å²) >= 11 is 5.16.